The topological polar surface area (TPSA) is 100 Å². The Morgan fingerprint density at radius 3 is 2.33 bits per heavy atom. The third-order valence-electron chi connectivity index (χ3n) is 6.48. The van der Waals surface area contributed by atoms with E-state index in [1.54, 1.807) is 72.8 Å². The third-order valence-corrected chi connectivity index (χ3v) is 9.71. The largest absolute Gasteiger partial charge is 0.321 e. The van der Waals surface area contributed by atoms with E-state index in [0.29, 0.717) is 27.0 Å². The molecule has 12 heteroatoms. The van der Waals surface area contributed by atoms with Crippen LogP contribution in [-0.2, 0) is 9.59 Å². The Morgan fingerprint density at radius 2 is 1.61 bits per heavy atom. The summed E-state index contributed by atoms with van der Waals surface area (Å²) in [7, 11) is 0. The van der Waals surface area contributed by atoms with Gasteiger partial charge in [-0.05, 0) is 73.2 Å². The highest BCUT2D eigenvalue weighted by Crippen LogP contribution is 2.30. The fraction of sp³-hybridized carbons (Fsp3) is 0.0588. The molecule has 0 aliphatic heterocycles. The Balaban J connectivity index is 1.23. The summed E-state index contributed by atoms with van der Waals surface area (Å²) in [4.78, 5) is 44.6. The van der Waals surface area contributed by atoms with Crippen molar-refractivity contribution >= 4 is 96.8 Å². The van der Waals surface area contributed by atoms with Gasteiger partial charge in [0.15, 0.2) is 5.13 Å². The zero-order valence-corrected chi connectivity index (χ0v) is 28.8. The van der Waals surface area contributed by atoms with Crippen molar-refractivity contribution in [2.75, 3.05) is 10.6 Å². The van der Waals surface area contributed by atoms with E-state index < -0.39 is 17.1 Å². The number of rotatable bonds is 10. The molecule has 1 aromatic heterocycles. The lowest BCUT2D eigenvalue weighted by Crippen LogP contribution is -2.30. The summed E-state index contributed by atoms with van der Waals surface area (Å²) in [6.45, 7) is 1.81. The maximum Gasteiger partial charge on any atom is 0.272 e. The van der Waals surface area contributed by atoms with Crippen LogP contribution in [0.4, 0.5) is 10.8 Å². The van der Waals surface area contributed by atoms with Gasteiger partial charge >= 0.3 is 0 Å². The molecular weight excluding hydrogens is 727 g/mol. The number of carbonyl (C=O) groups is 3. The molecule has 1 unspecified atom stereocenters. The number of nitrogens with zero attached hydrogens (tertiary/aromatic N) is 1. The van der Waals surface area contributed by atoms with Crippen molar-refractivity contribution in [2.24, 2.45) is 0 Å². The van der Waals surface area contributed by atoms with Crippen LogP contribution in [0.1, 0.15) is 22.8 Å². The first-order valence-electron chi connectivity index (χ1n) is 13.8. The van der Waals surface area contributed by atoms with Crippen LogP contribution < -0.4 is 16.0 Å². The van der Waals surface area contributed by atoms with Gasteiger partial charge in [-0.15, -0.1) is 23.1 Å². The Morgan fingerprint density at radius 1 is 0.891 bits per heavy atom. The standard InChI is InChI=1S/C34H25BrCl2N4O3S2/c1-20(31(42)41-34-40-29(19-45-34)21-10-12-24(35)13-11-21)46-26-16-14-25(15-17-26)38-33(44)28(18-23-8-5-9-27(36)30(23)37)39-32(43)22-6-3-2-4-7-22/h2-20H,1H3,(H,38,44)(H,39,43)(H,40,41,42)/b28-18-. The summed E-state index contributed by atoms with van der Waals surface area (Å²) < 4.78 is 0.981. The molecule has 1 heterocycles. The van der Waals surface area contributed by atoms with Gasteiger partial charge in [0, 0.05) is 31.6 Å². The van der Waals surface area contributed by atoms with Gasteiger partial charge in [-0.1, -0.05) is 81.6 Å². The quantitative estimate of drug-likeness (QED) is 0.0976. The van der Waals surface area contributed by atoms with Crippen molar-refractivity contribution in [3.8, 4) is 11.3 Å². The Bertz CT molecular complexity index is 1900. The zero-order valence-electron chi connectivity index (χ0n) is 24.1. The number of carbonyl (C=O) groups excluding carboxylic acids is 3. The van der Waals surface area contributed by atoms with Crippen molar-refractivity contribution in [1.29, 1.82) is 0 Å². The van der Waals surface area contributed by atoms with Crippen LogP contribution in [0.3, 0.4) is 0 Å². The van der Waals surface area contributed by atoms with Crippen LogP contribution in [-0.4, -0.2) is 28.0 Å². The number of aromatic nitrogens is 1. The Hall–Kier alpha value is -3.93. The second kappa shape index (κ2) is 15.6. The zero-order chi connectivity index (χ0) is 32.6. The number of benzene rings is 4. The molecule has 0 aliphatic rings. The monoisotopic (exact) mass is 750 g/mol. The van der Waals surface area contributed by atoms with Crippen LogP contribution in [0.25, 0.3) is 17.3 Å². The van der Waals surface area contributed by atoms with Crippen LogP contribution in [0.2, 0.25) is 10.0 Å². The smallest absolute Gasteiger partial charge is 0.272 e. The lowest BCUT2D eigenvalue weighted by Gasteiger charge is -2.13. The normalized spacial score (nSPS) is 11.9. The predicted molar refractivity (Wildman–Crippen MR) is 193 cm³/mol. The minimum Gasteiger partial charge on any atom is -0.321 e. The highest BCUT2D eigenvalue weighted by molar-refractivity contribution is 9.10. The number of anilines is 2. The number of hydrogen-bond donors (Lipinski definition) is 3. The molecular formula is C34H25BrCl2N4O3S2. The maximum atomic E-state index is 13.4. The molecule has 46 heavy (non-hydrogen) atoms. The van der Waals surface area contributed by atoms with E-state index in [9.17, 15) is 14.4 Å². The number of nitrogens with one attached hydrogen (secondary N) is 3. The molecule has 3 N–H and O–H groups in total. The van der Waals surface area contributed by atoms with Crippen molar-refractivity contribution in [3.05, 3.63) is 134 Å². The first-order chi connectivity index (χ1) is 22.2. The fourth-order valence-corrected chi connectivity index (χ4v) is 6.31. The van der Waals surface area contributed by atoms with E-state index in [4.69, 9.17) is 23.2 Å². The summed E-state index contributed by atoms with van der Waals surface area (Å²) in [5, 5.41) is 11.0. The third kappa shape index (κ3) is 8.86. The number of thiazole rings is 1. The van der Waals surface area contributed by atoms with E-state index in [-0.39, 0.29) is 16.6 Å². The van der Waals surface area contributed by atoms with E-state index in [2.05, 4.69) is 36.9 Å². The average Bonchev–Trinajstić information content (AvgIpc) is 3.52. The molecule has 0 radical (unpaired) electrons. The molecule has 5 aromatic rings. The van der Waals surface area contributed by atoms with Gasteiger partial charge in [0.05, 0.1) is 21.0 Å². The van der Waals surface area contributed by atoms with Gasteiger partial charge in [-0.2, -0.15) is 0 Å². The maximum absolute atomic E-state index is 13.4. The molecule has 0 bridgehead atoms. The summed E-state index contributed by atoms with van der Waals surface area (Å²) in [6.07, 6.45) is 1.47. The lowest BCUT2D eigenvalue weighted by atomic mass is 10.1. The molecule has 0 saturated heterocycles. The molecule has 3 amide bonds. The van der Waals surface area contributed by atoms with Gasteiger partial charge in [0.25, 0.3) is 11.8 Å². The fourth-order valence-electron chi connectivity index (χ4n) is 4.09. The molecule has 0 spiro atoms. The average molecular weight is 753 g/mol. The van der Waals surface area contributed by atoms with Crippen LogP contribution in [0.15, 0.2) is 118 Å². The molecule has 7 nitrogen and oxygen atoms in total. The second-order valence-corrected chi connectivity index (χ2v) is 13.8. The molecule has 0 fully saturated rings. The van der Waals surface area contributed by atoms with Gasteiger partial charge in [0.2, 0.25) is 5.91 Å². The van der Waals surface area contributed by atoms with Crippen molar-refractivity contribution in [3.63, 3.8) is 0 Å². The SMILES string of the molecule is CC(Sc1ccc(NC(=O)/C(=C/c2cccc(Cl)c2Cl)NC(=O)c2ccccc2)cc1)C(=O)Nc1nc(-c2ccc(Br)cc2)cs1. The van der Waals surface area contributed by atoms with Gasteiger partial charge < -0.3 is 16.0 Å². The molecule has 1 atom stereocenters. The van der Waals surface area contributed by atoms with E-state index in [1.165, 1.54) is 29.2 Å². The summed E-state index contributed by atoms with van der Waals surface area (Å²) in [6, 6.07) is 28.4. The molecule has 0 saturated carbocycles. The van der Waals surface area contributed by atoms with Crippen LogP contribution in [0.5, 0.6) is 0 Å². The van der Waals surface area contributed by atoms with Crippen molar-refractivity contribution in [1.82, 2.24) is 10.3 Å². The number of amides is 3. The highest BCUT2D eigenvalue weighted by Gasteiger charge is 2.18. The number of hydrogen-bond acceptors (Lipinski definition) is 6. The second-order valence-electron chi connectivity index (χ2n) is 9.79. The molecule has 0 aliphatic carbocycles. The first-order valence-corrected chi connectivity index (χ1v) is 17.1. The molecule has 4 aromatic carbocycles. The van der Waals surface area contributed by atoms with Gasteiger partial charge in [0.1, 0.15) is 5.70 Å². The van der Waals surface area contributed by atoms with E-state index in [1.807, 2.05) is 36.6 Å². The lowest BCUT2D eigenvalue weighted by molar-refractivity contribution is -0.115. The van der Waals surface area contributed by atoms with E-state index in [0.717, 1.165) is 20.6 Å². The van der Waals surface area contributed by atoms with E-state index >= 15 is 0 Å². The van der Waals surface area contributed by atoms with Gasteiger partial charge in [-0.25, -0.2) is 4.98 Å². The first kappa shape index (κ1) is 33.4. The van der Waals surface area contributed by atoms with Gasteiger partial charge in [-0.3, -0.25) is 14.4 Å². The Labute approximate surface area is 292 Å². The van der Waals surface area contributed by atoms with Crippen LogP contribution >= 0.6 is 62.2 Å². The van der Waals surface area contributed by atoms with Crippen LogP contribution in [0, 0.1) is 0 Å². The minimum absolute atomic E-state index is 0.0211. The number of thioether (sulfide) groups is 1. The predicted octanol–water partition coefficient (Wildman–Crippen LogP) is 9.41. The minimum atomic E-state index is -0.556. The number of halogens is 3. The highest BCUT2D eigenvalue weighted by atomic mass is 79.9. The molecule has 232 valence electrons. The van der Waals surface area contributed by atoms with Crippen molar-refractivity contribution < 1.29 is 14.4 Å². The molecule has 5 rings (SSSR count). The Kier molecular flexibility index (Phi) is 11.3. The summed E-state index contributed by atoms with van der Waals surface area (Å²) in [5.41, 5.74) is 3.08. The van der Waals surface area contributed by atoms with Crippen molar-refractivity contribution in [2.45, 2.75) is 17.1 Å². The summed E-state index contributed by atoms with van der Waals surface area (Å²) >= 11 is 18.7. The summed E-state index contributed by atoms with van der Waals surface area (Å²) in [5.74, 6) is -1.19.